The third-order valence-corrected chi connectivity index (χ3v) is 5.20. The van der Waals surface area contributed by atoms with Crippen LogP contribution in [0, 0.1) is 22.7 Å². The van der Waals surface area contributed by atoms with Crippen molar-refractivity contribution in [2.45, 2.75) is 76.7 Å². The zero-order chi connectivity index (χ0) is 20.0. The van der Waals surface area contributed by atoms with Gasteiger partial charge in [0.15, 0.2) is 0 Å². The van der Waals surface area contributed by atoms with Crippen molar-refractivity contribution in [1.29, 1.82) is 10.5 Å². The van der Waals surface area contributed by atoms with Gasteiger partial charge in [-0.15, -0.1) is 0 Å². The number of nitrogens with zero attached hydrogens (tertiary/aromatic N) is 2. The van der Waals surface area contributed by atoms with Crippen LogP contribution in [0.5, 0.6) is 0 Å². The molecule has 0 aliphatic heterocycles. The van der Waals surface area contributed by atoms with Gasteiger partial charge in [-0.3, -0.25) is 4.79 Å². The van der Waals surface area contributed by atoms with Gasteiger partial charge in [-0.1, -0.05) is 57.8 Å². The van der Waals surface area contributed by atoms with Crippen molar-refractivity contribution in [3.63, 3.8) is 0 Å². The molecule has 0 atom stereocenters. The fourth-order valence-corrected chi connectivity index (χ4v) is 3.52. The van der Waals surface area contributed by atoms with Gasteiger partial charge in [-0.05, 0) is 37.1 Å². The number of anilines is 1. The Labute approximate surface area is 168 Å². The summed E-state index contributed by atoms with van der Waals surface area (Å²) < 4.78 is 0. The molecule has 1 aliphatic rings. The van der Waals surface area contributed by atoms with E-state index in [-0.39, 0.29) is 17.5 Å². The molecule has 148 valence electrons. The summed E-state index contributed by atoms with van der Waals surface area (Å²) in [4.78, 5) is 12.6. The first-order valence-corrected chi connectivity index (χ1v) is 10.4. The Bertz CT molecular complexity index is 712. The zero-order valence-corrected chi connectivity index (χ0v) is 16.5. The van der Waals surface area contributed by atoms with E-state index in [1.807, 2.05) is 6.07 Å². The average molecular weight is 379 g/mol. The minimum atomic E-state index is -0.319. The molecule has 1 aliphatic carbocycles. The fourth-order valence-electron chi connectivity index (χ4n) is 3.52. The van der Waals surface area contributed by atoms with Crippen molar-refractivity contribution in [2.75, 3.05) is 5.32 Å². The van der Waals surface area contributed by atoms with Crippen LogP contribution in [-0.4, -0.2) is 11.9 Å². The Kier molecular flexibility index (Phi) is 9.66. The van der Waals surface area contributed by atoms with Crippen LogP contribution in [0.25, 0.3) is 0 Å². The monoisotopic (exact) mass is 378 g/mol. The number of hydrogen-bond acceptors (Lipinski definition) is 4. The Morgan fingerprint density at radius 1 is 0.893 bits per heavy atom. The van der Waals surface area contributed by atoms with Crippen molar-refractivity contribution >= 4 is 11.6 Å². The topological polar surface area (TPSA) is 88.7 Å². The first-order valence-electron chi connectivity index (χ1n) is 10.4. The highest BCUT2D eigenvalue weighted by atomic mass is 16.1. The molecule has 0 spiro atoms. The molecule has 0 radical (unpaired) electrons. The Morgan fingerprint density at radius 2 is 1.43 bits per heavy atom. The van der Waals surface area contributed by atoms with E-state index in [9.17, 15) is 10.1 Å². The van der Waals surface area contributed by atoms with Gasteiger partial charge < -0.3 is 10.6 Å². The summed E-state index contributed by atoms with van der Waals surface area (Å²) in [5.41, 5.74) is 1.36. The minimum Gasteiger partial charge on any atom is -0.360 e. The summed E-state index contributed by atoms with van der Waals surface area (Å²) in [7, 11) is 0. The number of nitriles is 2. The van der Waals surface area contributed by atoms with Crippen molar-refractivity contribution in [3.05, 3.63) is 41.6 Å². The van der Waals surface area contributed by atoms with Gasteiger partial charge >= 0.3 is 0 Å². The number of benzene rings is 1. The van der Waals surface area contributed by atoms with Crippen LogP contribution in [0.2, 0.25) is 0 Å². The van der Waals surface area contributed by atoms with Gasteiger partial charge in [0.2, 0.25) is 0 Å². The molecular weight excluding hydrogens is 348 g/mol. The molecule has 1 aromatic carbocycles. The van der Waals surface area contributed by atoms with Crippen molar-refractivity contribution in [1.82, 2.24) is 5.32 Å². The van der Waals surface area contributed by atoms with Crippen molar-refractivity contribution < 1.29 is 4.79 Å². The molecule has 0 unspecified atom stereocenters. The maximum absolute atomic E-state index is 12.6. The summed E-state index contributed by atoms with van der Waals surface area (Å²) in [5, 5.41) is 24.2. The highest BCUT2D eigenvalue weighted by Gasteiger charge is 2.16. The van der Waals surface area contributed by atoms with E-state index >= 15 is 0 Å². The van der Waals surface area contributed by atoms with Crippen LogP contribution in [0.4, 0.5) is 5.69 Å². The summed E-state index contributed by atoms with van der Waals surface area (Å²) >= 11 is 0. The second kappa shape index (κ2) is 12.6. The van der Waals surface area contributed by atoms with Gasteiger partial charge in [0, 0.05) is 17.9 Å². The predicted octanol–water partition coefficient (Wildman–Crippen LogP) is 5.17. The van der Waals surface area contributed by atoms with E-state index in [1.165, 1.54) is 51.1 Å². The number of amides is 1. The van der Waals surface area contributed by atoms with Crippen LogP contribution in [0.15, 0.2) is 36.0 Å². The fraction of sp³-hybridized carbons (Fsp3) is 0.522. The van der Waals surface area contributed by atoms with Gasteiger partial charge in [0.1, 0.15) is 11.6 Å². The Hall–Kier alpha value is -2.79. The molecule has 2 rings (SSSR count). The number of rotatable bonds is 4. The summed E-state index contributed by atoms with van der Waals surface area (Å²) in [6.07, 6.45) is 14.6. The lowest BCUT2D eigenvalue weighted by Gasteiger charge is -2.19. The Morgan fingerprint density at radius 3 is 1.93 bits per heavy atom. The van der Waals surface area contributed by atoms with E-state index in [4.69, 9.17) is 5.26 Å². The third-order valence-electron chi connectivity index (χ3n) is 5.20. The predicted molar refractivity (Wildman–Crippen MR) is 111 cm³/mol. The molecule has 28 heavy (non-hydrogen) atoms. The quantitative estimate of drug-likeness (QED) is 0.559. The van der Waals surface area contributed by atoms with E-state index < -0.39 is 0 Å². The summed E-state index contributed by atoms with van der Waals surface area (Å²) in [5.74, 6) is -0.319. The average Bonchev–Trinajstić information content (AvgIpc) is 2.71. The minimum absolute atomic E-state index is 0.0653. The number of carbonyl (C=O) groups excluding carboxylic acids is 1. The van der Waals surface area contributed by atoms with Crippen LogP contribution in [0.1, 0.15) is 76.2 Å². The highest BCUT2D eigenvalue weighted by molar-refractivity contribution is 5.97. The Balaban J connectivity index is 1.91. The largest absolute Gasteiger partial charge is 0.360 e. The summed E-state index contributed by atoms with van der Waals surface area (Å²) in [6, 6.07) is 11.0. The number of carbonyl (C=O) groups is 1. The normalized spacial score (nSPS) is 17.3. The molecular formula is C23H30N4O. The smallest absolute Gasteiger partial charge is 0.263 e. The number of hydrogen-bond donors (Lipinski definition) is 2. The SMILES string of the molecule is N#C/C(=C/Nc1ccc(C#N)cc1)C(=O)NC1CCCCCCCCCCC1. The lowest BCUT2D eigenvalue weighted by molar-refractivity contribution is -0.117. The van der Waals surface area contributed by atoms with Crippen LogP contribution >= 0.6 is 0 Å². The molecule has 1 fully saturated rings. The second-order valence-corrected chi connectivity index (χ2v) is 7.43. The van der Waals surface area contributed by atoms with Gasteiger partial charge in [0.25, 0.3) is 5.91 Å². The molecule has 1 saturated carbocycles. The van der Waals surface area contributed by atoms with Crippen molar-refractivity contribution in [3.8, 4) is 12.1 Å². The maximum atomic E-state index is 12.6. The van der Waals surface area contributed by atoms with Gasteiger partial charge in [0.05, 0.1) is 11.6 Å². The molecule has 5 heteroatoms. The zero-order valence-electron chi connectivity index (χ0n) is 16.5. The molecule has 1 aromatic rings. The van der Waals surface area contributed by atoms with Crippen LogP contribution < -0.4 is 10.6 Å². The lowest BCUT2D eigenvalue weighted by Crippen LogP contribution is -2.35. The summed E-state index contributed by atoms with van der Waals surface area (Å²) in [6.45, 7) is 0. The van der Waals surface area contributed by atoms with Crippen LogP contribution in [0.3, 0.4) is 0 Å². The third kappa shape index (κ3) is 7.84. The molecule has 0 saturated heterocycles. The molecule has 0 bridgehead atoms. The number of nitrogens with one attached hydrogen (secondary N) is 2. The first kappa shape index (κ1) is 21.5. The van der Waals surface area contributed by atoms with Gasteiger partial charge in [-0.2, -0.15) is 10.5 Å². The molecule has 2 N–H and O–H groups in total. The highest BCUT2D eigenvalue weighted by Crippen LogP contribution is 2.17. The van der Waals surface area contributed by atoms with E-state index in [2.05, 4.69) is 16.7 Å². The lowest BCUT2D eigenvalue weighted by atomic mass is 9.98. The molecule has 1 amide bonds. The standard InChI is InChI=1S/C23H30N4O/c24-16-19-12-14-21(15-13-19)26-18-20(17-25)23(28)27-22-10-8-6-4-2-1-3-5-7-9-11-22/h12-15,18,22,26H,1-11H2,(H,27,28)/b20-18-. The first-order chi connectivity index (χ1) is 13.7. The van der Waals surface area contributed by atoms with E-state index in [1.54, 1.807) is 24.3 Å². The molecule has 0 heterocycles. The molecule has 0 aromatic heterocycles. The maximum Gasteiger partial charge on any atom is 0.263 e. The second-order valence-electron chi connectivity index (χ2n) is 7.43. The van der Waals surface area contributed by atoms with Crippen LogP contribution in [-0.2, 0) is 4.79 Å². The van der Waals surface area contributed by atoms with E-state index in [0.29, 0.717) is 5.56 Å². The van der Waals surface area contributed by atoms with Gasteiger partial charge in [-0.25, -0.2) is 0 Å². The van der Waals surface area contributed by atoms with E-state index in [0.717, 1.165) is 31.4 Å². The molecule has 5 nitrogen and oxygen atoms in total. The van der Waals surface area contributed by atoms with Crippen molar-refractivity contribution in [2.24, 2.45) is 0 Å².